The molecule has 114 valence electrons. The monoisotopic (exact) mass is 270 g/mol. The Morgan fingerprint density at radius 2 is 1.89 bits per heavy atom. The average Bonchev–Trinajstić information content (AvgIpc) is 2.43. The quantitative estimate of drug-likeness (QED) is 0.770. The number of methoxy groups -OCH3 is 1. The first kappa shape index (κ1) is 16.9. The van der Waals surface area contributed by atoms with Crippen molar-refractivity contribution in [3.8, 4) is 0 Å². The smallest absolute Gasteiger partial charge is 0.0620 e. The van der Waals surface area contributed by atoms with E-state index < -0.39 is 0 Å². The summed E-state index contributed by atoms with van der Waals surface area (Å²) in [6.45, 7) is 14.7. The largest absolute Gasteiger partial charge is 0.383 e. The molecule has 0 aromatic carbocycles. The van der Waals surface area contributed by atoms with Crippen LogP contribution in [0.5, 0.6) is 0 Å². The van der Waals surface area contributed by atoms with Gasteiger partial charge in [0.05, 0.1) is 6.61 Å². The van der Waals surface area contributed by atoms with Gasteiger partial charge in [-0.25, -0.2) is 0 Å². The van der Waals surface area contributed by atoms with Crippen molar-refractivity contribution in [3.63, 3.8) is 0 Å². The molecule has 0 saturated carbocycles. The second kappa shape index (κ2) is 7.61. The minimum Gasteiger partial charge on any atom is -0.383 e. The van der Waals surface area contributed by atoms with Crippen LogP contribution in [-0.4, -0.2) is 49.3 Å². The van der Waals surface area contributed by atoms with Crippen LogP contribution in [0.1, 0.15) is 53.9 Å². The first-order chi connectivity index (χ1) is 9.03. The normalized spacial score (nSPS) is 25.7. The van der Waals surface area contributed by atoms with Crippen LogP contribution in [0.4, 0.5) is 0 Å². The first-order valence-electron chi connectivity index (χ1n) is 8.03. The van der Waals surface area contributed by atoms with Crippen LogP contribution in [0.2, 0.25) is 0 Å². The summed E-state index contributed by atoms with van der Waals surface area (Å²) in [5.74, 6) is 0.638. The fourth-order valence-electron chi connectivity index (χ4n) is 3.32. The number of piperazine rings is 1. The van der Waals surface area contributed by atoms with Crippen LogP contribution >= 0.6 is 0 Å². The molecule has 0 aromatic heterocycles. The van der Waals surface area contributed by atoms with Gasteiger partial charge in [-0.05, 0) is 25.2 Å². The molecule has 1 heterocycles. The van der Waals surface area contributed by atoms with Crippen molar-refractivity contribution in [3.05, 3.63) is 0 Å². The molecule has 0 spiro atoms. The molecule has 0 radical (unpaired) electrons. The maximum absolute atomic E-state index is 5.48. The zero-order valence-corrected chi connectivity index (χ0v) is 13.8. The van der Waals surface area contributed by atoms with Gasteiger partial charge < -0.3 is 10.1 Å². The predicted molar refractivity (Wildman–Crippen MR) is 82.6 cm³/mol. The van der Waals surface area contributed by atoms with E-state index in [-0.39, 0.29) is 0 Å². The van der Waals surface area contributed by atoms with Crippen molar-refractivity contribution >= 4 is 0 Å². The zero-order valence-electron chi connectivity index (χ0n) is 13.8. The van der Waals surface area contributed by atoms with E-state index in [1.54, 1.807) is 0 Å². The molecule has 0 bridgehead atoms. The Morgan fingerprint density at radius 3 is 2.32 bits per heavy atom. The number of hydrogen-bond donors (Lipinski definition) is 1. The van der Waals surface area contributed by atoms with Gasteiger partial charge in [0.25, 0.3) is 0 Å². The third-order valence-electron chi connectivity index (χ3n) is 5.02. The first-order valence-corrected chi connectivity index (χ1v) is 8.03. The second-order valence-corrected chi connectivity index (χ2v) is 6.37. The summed E-state index contributed by atoms with van der Waals surface area (Å²) in [4.78, 5) is 2.72. The molecule has 0 amide bonds. The van der Waals surface area contributed by atoms with Crippen LogP contribution in [0, 0.1) is 5.92 Å². The Hall–Kier alpha value is -0.120. The Kier molecular flexibility index (Phi) is 6.78. The lowest BCUT2D eigenvalue weighted by Gasteiger charge is -2.51. The van der Waals surface area contributed by atoms with Crippen molar-refractivity contribution in [1.82, 2.24) is 10.2 Å². The van der Waals surface area contributed by atoms with E-state index in [9.17, 15) is 0 Å². The molecule has 1 aliphatic heterocycles. The molecular formula is C16H34N2O. The van der Waals surface area contributed by atoms with Crippen LogP contribution in [0.3, 0.4) is 0 Å². The molecule has 1 rings (SSSR count). The molecule has 2 atom stereocenters. The van der Waals surface area contributed by atoms with E-state index >= 15 is 0 Å². The summed E-state index contributed by atoms with van der Waals surface area (Å²) >= 11 is 0. The summed E-state index contributed by atoms with van der Waals surface area (Å²) in [6.07, 6.45) is 3.62. The van der Waals surface area contributed by atoms with Crippen LogP contribution in [-0.2, 0) is 4.74 Å². The highest BCUT2D eigenvalue weighted by Crippen LogP contribution is 2.27. The van der Waals surface area contributed by atoms with Gasteiger partial charge in [0.1, 0.15) is 0 Å². The number of hydrogen-bond acceptors (Lipinski definition) is 3. The average molecular weight is 270 g/mol. The van der Waals surface area contributed by atoms with Crippen LogP contribution in [0.25, 0.3) is 0 Å². The molecule has 2 unspecified atom stereocenters. The third kappa shape index (κ3) is 3.93. The fourth-order valence-corrected chi connectivity index (χ4v) is 3.32. The molecule has 0 aliphatic carbocycles. The molecule has 3 nitrogen and oxygen atoms in total. The van der Waals surface area contributed by atoms with Gasteiger partial charge in [0.15, 0.2) is 0 Å². The Labute approximate surface area is 120 Å². The van der Waals surface area contributed by atoms with Gasteiger partial charge in [0, 0.05) is 37.8 Å². The molecule has 19 heavy (non-hydrogen) atoms. The fraction of sp³-hybridized carbons (Fsp3) is 1.00. The van der Waals surface area contributed by atoms with Crippen molar-refractivity contribution in [2.75, 3.05) is 26.8 Å². The van der Waals surface area contributed by atoms with E-state index in [1.165, 1.54) is 19.3 Å². The Balaban J connectivity index is 2.89. The van der Waals surface area contributed by atoms with Gasteiger partial charge in [-0.2, -0.15) is 0 Å². The van der Waals surface area contributed by atoms with Crippen molar-refractivity contribution < 1.29 is 4.74 Å². The second-order valence-electron chi connectivity index (χ2n) is 6.37. The maximum atomic E-state index is 5.48. The maximum Gasteiger partial charge on any atom is 0.0620 e. The molecule has 3 heteroatoms. The highest BCUT2D eigenvalue weighted by Gasteiger charge is 2.39. The van der Waals surface area contributed by atoms with E-state index in [0.717, 1.165) is 19.7 Å². The highest BCUT2D eigenvalue weighted by molar-refractivity contribution is 4.98. The van der Waals surface area contributed by atoms with Crippen molar-refractivity contribution in [1.29, 1.82) is 0 Å². The van der Waals surface area contributed by atoms with Crippen LogP contribution < -0.4 is 5.32 Å². The van der Waals surface area contributed by atoms with Gasteiger partial charge >= 0.3 is 0 Å². The molecular weight excluding hydrogens is 236 g/mol. The lowest BCUT2D eigenvalue weighted by Crippen LogP contribution is -2.66. The summed E-state index contributed by atoms with van der Waals surface area (Å²) in [5.41, 5.74) is 0.298. The highest BCUT2D eigenvalue weighted by atomic mass is 16.5. The van der Waals surface area contributed by atoms with E-state index in [2.05, 4.69) is 44.8 Å². The van der Waals surface area contributed by atoms with Crippen molar-refractivity contribution in [2.45, 2.75) is 71.5 Å². The summed E-state index contributed by atoms with van der Waals surface area (Å²) in [7, 11) is 1.82. The molecule has 1 aliphatic rings. The topological polar surface area (TPSA) is 24.5 Å². The SMILES string of the molecule is CCC1CNC(CC)(CC)CN1C(COC)C(C)C. The van der Waals surface area contributed by atoms with Crippen LogP contribution in [0.15, 0.2) is 0 Å². The molecule has 1 N–H and O–H groups in total. The number of nitrogens with zero attached hydrogens (tertiary/aromatic N) is 1. The third-order valence-corrected chi connectivity index (χ3v) is 5.02. The standard InChI is InChI=1S/C16H34N2O/c1-7-14-10-17-16(8-2,9-3)12-18(14)15(11-19-6)13(4)5/h13-15,17H,7-12H2,1-6H3. The Morgan fingerprint density at radius 1 is 1.26 bits per heavy atom. The predicted octanol–water partition coefficient (Wildman–Crippen LogP) is 2.90. The number of ether oxygens (including phenoxy) is 1. The van der Waals surface area contributed by atoms with Gasteiger partial charge in [0.2, 0.25) is 0 Å². The summed E-state index contributed by atoms with van der Waals surface area (Å²) in [5, 5.41) is 3.82. The Bertz CT molecular complexity index is 251. The van der Waals surface area contributed by atoms with E-state index in [1.807, 2.05) is 7.11 Å². The zero-order chi connectivity index (χ0) is 14.5. The number of rotatable bonds is 7. The molecule has 1 fully saturated rings. The summed E-state index contributed by atoms with van der Waals surface area (Å²) in [6, 6.07) is 1.18. The molecule has 1 saturated heterocycles. The van der Waals surface area contributed by atoms with Gasteiger partial charge in [-0.15, -0.1) is 0 Å². The minimum atomic E-state index is 0.298. The van der Waals surface area contributed by atoms with Gasteiger partial charge in [-0.1, -0.05) is 34.6 Å². The van der Waals surface area contributed by atoms with E-state index in [0.29, 0.717) is 23.5 Å². The van der Waals surface area contributed by atoms with E-state index in [4.69, 9.17) is 4.74 Å². The minimum absolute atomic E-state index is 0.298. The van der Waals surface area contributed by atoms with Gasteiger partial charge in [-0.3, -0.25) is 4.90 Å². The summed E-state index contributed by atoms with van der Waals surface area (Å²) < 4.78 is 5.48. The molecule has 0 aromatic rings. The van der Waals surface area contributed by atoms with Crippen molar-refractivity contribution in [2.24, 2.45) is 5.92 Å². The lowest BCUT2D eigenvalue weighted by atomic mass is 9.86. The lowest BCUT2D eigenvalue weighted by molar-refractivity contribution is -0.0134. The number of nitrogens with one attached hydrogen (secondary N) is 1.